The number of fused-ring (bicyclic) bond motifs is 1. The van der Waals surface area contributed by atoms with E-state index in [1.54, 1.807) is 28.8 Å². The van der Waals surface area contributed by atoms with Gasteiger partial charge in [0.2, 0.25) is 11.8 Å². The Hall–Kier alpha value is -4.40. The topological polar surface area (TPSA) is 98.6 Å². The van der Waals surface area contributed by atoms with Crippen LogP contribution in [0.2, 0.25) is 0 Å². The first-order chi connectivity index (χ1) is 19.2. The van der Waals surface area contributed by atoms with E-state index in [0.717, 1.165) is 11.1 Å². The van der Waals surface area contributed by atoms with Crippen molar-refractivity contribution in [2.24, 2.45) is 0 Å². The van der Waals surface area contributed by atoms with Crippen LogP contribution < -0.4 is 14.8 Å². The monoisotopic (exact) mass is 543 g/mol. The number of carbonyl (C=O) groups is 2. The van der Waals surface area contributed by atoms with Gasteiger partial charge in [-0.05, 0) is 69.5 Å². The maximum absolute atomic E-state index is 14.1. The van der Waals surface area contributed by atoms with Crippen molar-refractivity contribution in [3.63, 3.8) is 0 Å². The number of rotatable bonds is 11. The van der Waals surface area contributed by atoms with Crippen LogP contribution in [0.5, 0.6) is 11.5 Å². The van der Waals surface area contributed by atoms with E-state index >= 15 is 0 Å². The van der Waals surface area contributed by atoms with Gasteiger partial charge in [-0.3, -0.25) is 9.59 Å². The average molecular weight is 544 g/mol. The Morgan fingerprint density at radius 1 is 1.00 bits per heavy atom. The average Bonchev–Trinajstić information content (AvgIpc) is 3.33. The van der Waals surface area contributed by atoms with Gasteiger partial charge in [0.1, 0.15) is 18.1 Å². The Bertz CT molecular complexity index is 1450. The molecule has 0 fully saturated rings. The van der Waals surface area contributed by atoms with Crippen molar-refractivity contribution in [2.75, 3.05) is 20.3 Å². The van der Waals surface area contributed by atoms with Crippen LogP contribution in [0, 0.1) is 0 Å². The number of ether oxygens (including phenoxy) is 2. The molecule has 1 aromatic heterocycles. The lowest BCUT2D eigenvalue weighted by atomic mass is 10.00. The van der Waals surface area contributed by atoms with E-state index < -0.39 is 11.6 Å². The Morgan fingerprint density at radius 2 is 1.73 bits per heavy atom. The summed E-state index contributed by atoms with van der Waals surface area (Å²) in [5, 5.41) is 11.5. The standard InChI is InChI=1S/C31H37N5O4/c1-6-40-26-17-16-23(20-27(26)39-5)29(30(38)32-31(2,3)4)35(19-18-22-12-8-7-9-13-22)28(37)21-36-25-15-11-10-14-24(25)33-34-36/h7-17,20,29H,6,18-19,21H2,1-5H3,(H,32,38). The molecule has 0 bridgehead atoms. The quantitative estimate of drug-likeness (QED) is 0.298. The molecule has 1 unspecified atom stereocenters. The molecule has 3 aromatic carbocycles. The van der Waals surface area contributed by atoms with Gasteiger partial charge in [-0.1, -0.05) is 53.7 Å². The first-order valence-electron chi connectivity index (χ1n) is 13.4. The molecule has 9 nitrogen and oxygen atoms in total. The van der Waals surface area contributed by atoms with Crippen LogP contribution in [0.4, 0.5) is 0 Å². The van der Waals surface area contributed by atoms with E-state index in [9.17, 15) is 9.59 Å². The third-order valence-corrected chi connectivity index (χ3v) is 6.37. The van der Waals surface area contributed by atoms with Gasteiger partial charge in [-0.2, -0.15) is 0 Å². The number of amides is 2. The second kappa shape index (κ2) is 12.6. The molecule has 0 aliphatic carbocycles. The molecule has 0 aliphatic rings. The van der Waals surface area contributed by atoms with Gasteiger partial charge in [-0.15, -0.1) is 5.10 Å². The summed E-state index contributed by atoms with van der Waals surface area (Å²) in [6.45, 7) is 8.35. The van der Waals surface area contributed by atoms with E-state index in [0.29, 0.717) is 42.2 Å². The Labute approximate surface area is 235 Å². The fraction of sp³-hybridized carbons (Fsp3) is 0.355. The van der Waals surface area contributed by atoms with Crippen LogP contribution in [0.1, 0.15) is 44.9 Å². The predicted molar refractivity (Wildman–Crippen MR) is 154 cm³/mol. The summed E-state index contributed by atoms with van der Waals surface area (Å²) in [6.07, 6.45) is 0.568. The molecule has 210 valence electrons. The maximum atomic E-state index is 14.1. The lowest BCUT2D eigenvalue weighted by Crippen LogP contribution is -2.50. The number of hydrogen-bond donors (Lipinski definition) is 1. The minimum atomic E-state index is -0.921. The van der Waals surface area contributed by atoms with Gasteiger partial charge in [0.05, 0.1) is 19.2 Å². The van der Waals surface area contributed by atoms with Crippen molar-refractivity contribution in [3.05, 3.63) is 83.9 Å². The molecule has 2 amide bonds. The van der Waals surface area contributed by atoms with Crippen LogP contribution >= 0.6 is 0 Å². The highest BCUT2D eigenvalue weighted by Crippen LogP contribution is 2.33. The minimum absolute atomic E-state index is 0.0667. The Morgan fingerprint density at radius 3 is 2.42 bits per heavy atom. The number of carbonyl (C=O) groups excluding carboxylic acids is 2. The lowest BCUT2D eigenvalue weighted by Gasteiger charge is -2.34. The van der Waals surface area contributed by atoms with Gasteiger partial charge < -0.3 is 19.7 Å². The van der Waals surface area contributed by atoms with E-state index in [4.69, 9.17) is 9.47 Å². The highest BCUT2D eigenvalue weighted by atomic mass is 16.5. The summed E-state index contributed by atoms with van der Waals surface area (Å²) in [4.78, 5) is 29.6. The van der Waals surface area contributed by atoms with Gasteiger partial charge in [0.25, 0.3) is 0 Å². The molecule has 0 saturated carbocycles. The number of nitrogens with zero attached hydrogens (tertiary/aromatic N) is 4. The fourth-order valence-electron chi connectivity index (χ4n) is 4.58. The SMILES string of the molecule is CCOc1ccc(C(C(=O)NC(C)(C)C)N(CCc2ccccc2)C(=O)Cn2nnc3ccccc32)cc1OC. The number of aromatic nitrogens is 3. The van der Waals surface area contributed by atoms with E-state index in [1.807, 2.05) is 88.4 Å². The van der Waals surface area contributed by atoms with E-state index in [1.165, 1.54) is 0 Å². The van der Waals surface area contributed by atoms with Gasteiger partial charge >= 0.3 is 0 Å². The highest BCUT2D eigenvalue weighted by molar-refractivity contribution is 5.89. The highest BCUT2D eigenvalue weighted by Gasteiger charge is 2.34. The van der Waals surface area contributed by atoms with Crippen molar-refractivity contribution in [2.45, 2.75) is 52.2 Å². The maximum Gasteiger partial charge on any atom is 0.247 e. The molecular formula is C31H37N5O4. The first kappa shape index (κ1) is 28.6. The predicted octanol–water partition coefficient (Wildman–Crippen LogP) is 4.57. The second-order valence-electron chi connectivity index (χ2n) is 10.5. The Balaban J connectivity index is 1.76. The molecule has 0 radical (unpaired) electrons. The molecule has 1 N–H and O–H groups in total. The molecule has 0 aliphatic heterocycles. The summed E-state index contributed by atoms with van der Waals surface area (Å²) in [5.74, 6) is 0.516. The van der Waals surface area contributed by atoms with Crippen molar-refractivity contribution < 1.29 is 19.1 Å². The summed E-state index contributed by atoms with van der Waals surface area (Å²) < 4.78 is 12.9. The largest absolute Gasteiger partial charge is 0.493 e. The Kier molecular flexibility index (Phi) is 9.04. The van der Waals surface area contributed by atoms with Crippen LogP contribution in [-0.2, 0) is 22.6 Å². The van der Waals surface area contributed by atoms with Crippen LogP contribution in [0.3, 0.4) is 0 Å². The van der Waals surface area contributed by atoms with Crippen LogP contribution in [-0.4, -0.2) is 57.5 Å². The zero-order valence-electron chi connectivity index (χ0n) is 23.8. The first-order valence-corrected chi connectivity index (χ1v) is 13.4. The van der Waals surface area contributed by atoms with E-state index in [2.05, 4.69) is 15.6 Å². The third kappa shape index (κ3) is 6.97. The lowest BCUT2D eigenvalue weighted by molar-refractivity contribution is -0.142. The molecule has 9 heteroatoms. The van der Waals surface area contributed by atoms with E-state index in [-0.39, 0.29) is 18.4 Å². The van der Waals surface area contributed by atoms with Crippen molar-refractivity contribution >= 4 is 22.8 Å². The smallest absolute Gasteiger partial charge is 0.247 e. The zero-order chi connectivity index (χ0) is 28.7. The van der Waals surface area contributed by atoms with Gasteiger partial charge in [-0.25, -0.2) is 4.68 Å². The van der Waals surface area contributed by atoms with Crippen molar-refractivity contribution in [1.29, 1.82) is 0 Å². The molecule has 0 saturated heterocycles. The molecule has 4 rings (SSSR count). The molecule has 1 heterocycles. The number of para-hydroxylation sites is 1. The van der Waals surface area contributed by atoms with Gasteiger partial charge in [0, 0.05) is 12.1 Å². The summed E-state index contributed by atoms with van der Waals surface area (Å²) >= 11 is 0. The number of benzene rings is 3. The number of nitrogens with one attached hydrogen (secondary N) is 1. The number of methoxy groups -OCH3 is 1. The summed E-state index contributed by atoms with van der Waals surface area (Å²) in [7, 11) is 1.56. The zero-order valence-corrected chi connectivity index (χ0v) is 23.8. The minimum Gasteiger partial charge on any atom is -0.493 e. The number of hydrogen-bond acceptors (Lipinski definition) is 6. The second-order valence-corrected chi connectivity index (χ2v) is 10.5. The molecule has 1 atom stereocenters. The normalized spacial score (nSPS) is 12.1. The van der Waals surface area contributed by atoms with Crippen LogP contribution in [0.15, 0.2) is 72.8 Å². The van der Waals surface area contributed by atoms with Crippen molar-refractivity contribution in [1.82, 2.24) is 25.2 Å². The summed E-state index contributed by atoms with van der Waals surface area (Å²) in [5.41, 5.74) is 2.61. The third-order valence-electron chi connectivity index (χ3n) is 6.37. The summed E-state index contributed by atoms with van der Waals surface area (Å²) in [6, 6.07) is 21.8. The molecular weight excluding hydrogens is 506 g/mol. The van der Waals surface area contributed by atoms with Gasteiger partial charge in [0.15, 0.2) is 11.5 Å². The fourth-order valence-corrected chi connectivity index (χ4v) is 4.58. The molecule has 0 spiro atoms. The van der Waals surface area contributed by atoms with Crippen LogP contribution in [0.25, 0.3) is 11.0 Å². The van der Waals surface area contributed by atoms with Crippen molar-refractivity contribution in [3.8, 4) is 11.5 Å². The molecule has 40 heavy (non-hydrogen) atoms. The molecule has 4 aromatic rings.